The van der Waals surface area contributed by atoms with Crippen LogP contribution in [0.25, 0.3) is 0 Å². The highest BCUT2D eigenvalue weighted by Crippen LogP contribution is 2.38. The molecule has 1 aliphatic carbocycles. The highest BCUT2D eigenvalue weighted by Gasteiger charge is 2.38. The Hall–Kier alpha value is -0.610. The molecular formula is C15H27NO3. The van der Waals surface area contributed by atoms with Crippen molar-refractivity contribution in [1.29, 1.82) is 0 Å². The van der Waals surface area contributed by atoms with Gasteiger partial charge < -0.3 is 14.8 Å². The maximum atomic E-state index is 11.3. The maximum Gasteiger partial charge on any atom is 0.307 e. The zero-order valence-electron chi connectivity index (χ0n) is 12.1. The number of hydrogen-bond acceptors (Lipinski definition) is 4. The van der Waals surface area contributed by atoms with Crippen LogP contribution in [-0.4, -0.2) is 37.4 Å². The normalized spacial score (nSPS) is 26.3. The molecule has 1 saturated heterocycles. The Bertz CT molecular complexity index is 282. The van der Waals surface area contributed by atoms with Crippen LogP contribution in [0.5, 0.6) is 0 Å². The fraction of sp³-hybridized carbons (Fsp3) is 0.933. The summed E-state index contributed by atoms with van der Waals surface area (Å²) in [6, 6.07) is 0.501. The predicted molar refractivity (Wildman–Crippen MR) is 74.0 cm³/mol. The minimum atomic E-state index is -0.102. The Morgan fingerprint density at radius 1 is 1.37 bits per heavy atom. The molecule has 1 saturated carbocycles. The van der Waals surface area contributed by atoms with Crippen LogP contribution >= 0.6 is 0 Å². The average molecular weight is 269 g/mol. The second-order valence-corrected chi connectivity index (χ2v) is 5.79. The summed E-state index contributed by atoms with van der Waals surface area (Å²) in [6.45, 7) is 3.90. The van der Waals surface area contributed by atoms with Gasteiger partial charge in [0, 0.05) is 19.2 Å². The highest BCUT2D eigenvalue weighted by atomic mass is 16.5. The summed E-state index contributed by atoms with van der Waals surface area (Å²) in [6.07, 6.45) is 9.02. The van der Waals surface area contributed by atoms with Gasteiger partial charge in [-0.2, -0.15) is 0 Å². The van der Waals surface area contributed by atoms with E-state index in [1.807, 2.05) is 6.92 Å². The van der Waals surface area contributed by atoms with Crippen molar-refractivity contribution >= 4 is 5.97 Å². The third-order valence-corrected chi connectivity index (χ3v) is 4.33. The van der Waals surface area contributed by atoms with Crippen LogP contribution in [0.15, 0.2) is 0 Å². The van der Waals surface area contributed by atoms with Crippen molar-refractivity contribution in [3.05, 3.63) is 0 Å². The van der Waals surface area contributed by atoms with E-state index in [2.05, 4.69) is 5.32 Å². The first kappa shape index (κ1) is 14.8. The molecule has 4 heteroatoms. The molecule has 0 aromatic heterocycles. The van der Waals surface area contributed by atoms with Crippen LogP contribution in [0.3, 0.4) is 0 Å². The molecule has 0 bridgehead atoms. The van der Waals surface area contributed by atoms with Crippen molar-refractivity contribution in [2.45, 2.75) is 69.9 Å². The van der Waals surface area contributed by atoms with E-state index in [1.165, 1.54) is 32.1 Å². The number of nitrogens with one attached hydrogen (secondary N) is 1. The van der Waals surface area contributed by atoms with Gasteiger partial charge in [0.1, 0.15) is 0 Å². The zero-order valence-corrected chi connectivity index (χ0v) is 12.1. The maximum absolute atomic E-state index is 11.3. The molecule has 1 spiro atoms. The molecule has 0 aromatic rings. The number of hydrogen-bond donors (Lipinski definition) is 1. The van der Waals surface area contributed by atoms with Crippen LogP contribution in [0.2, 0.25) is 0 Å². The van der Waals surface area contributed by atoms with Crippen molar-refractivity contribution in [2.24, 2.45) is 0 Å². The minimum Gasteiger partial charge on any atom is -0.466 e. The van der Waals surface area contributed by atoms with E-state index in [0.717, 1.165) is 26.0 Å². The molecule has 0 radical (unpaired) electrons. The van der Waals surface area contributed by atoms with Crippen LogP contribution in [0, 0.1) is 0 Å². The van der Waals surface area contributed by atoms with E-state index in [9.17, 15) is 4.79 Å². The molecule has 0 aromatic carbocycles. The van der Waals surface area contributed by atoms with Crippen molar-refractivity contribution in [1.82, 2.24) is 5.32 Å². The SMILES string of the molecule is CCOC(=O)CCNC1CCOC2(CCCCC2)C1. The fourth-order valence-corrected chi connectivity index (χ4v) is 3.36. The first-order valence-corrected chi connectivity index (χ1v) is 7.77. The first-order valence-electron chi connectivity index (χ1n) is 7.77. The summed E-state index contributed by atoms with van der Waals surface area (Å²) in [5.74, 6) is -0.102. The molecule has 1 atom stereocenters. The van der Waals surface area contributed by atoms with Gasteiger partial charge >= 0.3 is 5.97 Å². The molecule has 1 aliphatic heterocycles. The number of carbonyl (C=O) groups excluding carboxylic acids is 1. The van der Waals surface area contributed by atoms with E-state index in [4.69, 9.17) is 9.47 Å². The Morgan fingerprint density at radius 2 is 2.16 bits per heavy atom. The lowest BCUT2D eigenvalue weighted by Crippen LogP contribution is -2.48. The third-order valence-electron chi connectivity index (χ3n) is 4.33. The molecule has 2 aliphatic rings. The summed E-state index contributed by atoms with van der Waals surface area (Å²) in [4.78, 5) is 11.3. The van der Waals surface area contributed by atoms with Gasteiger partial charge in [-0.15, -0.1) is 0 Å². The average Bonchev–Trinajstić information content (AvgIpc) is 2.40. The zero-order chi connectivity index (χ0) is 13.6. The number of carbonyl (C=O) groups is 1. The molecule has 0 amide bonds. The van der Waals surface area contributed by atoms with Gasteiger partial charge in [0.05, 0.1) is 18.6 Å². The second kappa shape index (κ2) is 7.25. The van der Waals surface area contributed by atoms with Gasteiger partial charge in [-0.25, -0.2) is 0 Å². The topological polar surface area (TPSA) is 47.6 Å². The van der Waals surface area contributed by atoms with Crippen molar-refractivity contribution in [3.63, 3.8) is 0 Å². The predicted octanol–water partition coefficient (Wildman–Crippen LogP) is 2.41. The Kier molecular flexibility index (Phi) is 5.64. The summed E-state index contributed by atoms with van der Waals surface area (Å²) < 4.78 is 11.0. The number of ether oxygens (including phenoxy) is 2. The van der Waals surface area contributed by atoms with Gasteiger partial charge in [0.15, 0.2) is 0 Å². The van der Waals surface area contributed by atoms with Gasteiger partial charge in [0.2, 0.25) is 0 Å². The van der Waals surface area contributed by atoms with Gasteiger partial charge in [0.25, 0.3) is 0 Å². The lowest BCUT2D eigenvalue weighted by Gasteiger charge is -2.43. The van der Waals surface area contributed by atoms with Crippen LogP contribution in [0.1, 0.15) is 58.3 Å². The number of rotatable bonds is 5. The second-order valence-electron chi connectivity index (χ2n) is 5.79. The van der Waals surface area contributed by atoms with Gasteiger partial charge in [-0.1, -0.05) is 19.3 Å². The molecule has 4 nitrogen and oxygen atoms in total. The summed E-state index contributed by atoms with van der Waals surface area (Å²) in [5, 5.41) is 3.50. The van der Waals surface area contributed by atoms with E-state index in [-0.39, 0.29) is 11.6 Å². The van der Waals surface area contributed by atoms with Crippen LogP contribution < -0.4 is 5.32 Å². The van der Waals surface area contributed by atoms with Crippen molar-refractivity contribution < 1.29 is 14.3 Å². The van der Waals surface area contributed by atoms with Gasteiger partial charge in [-0.3, -0.25) is 4.79 Å². The van der Waals surface area contributed by atoms with Gasteiger partial charge in [-0.05, 0) is 32.6 Å². The Morgan fingerprint density at radius 3 is 2.89 bits per heavy atom. The molecule has 110 valence electrons. The van der Waals surface area contributed by atoms with Crippen LogP contribution in [-0.2, 0) is 14.3 Å². The van der Waals surface area contributed by atoms with E-state index >= 15 is 0 Å². The quantitative estimate of drug-likeness (QED) is 0.779. The van der Waals surface area contributed by atoms with Crippen LogP contribution in [0.4, 0.5) is 0 Å². The molecule has 1 N–H and O–H groups in total. The molecule has 2 fully saturated rings. The Labute approximate surface area is 116 Å². The Balaban J connectivity index is 1.70. The number of esters is 1. The lowest BCUT2D eigenvalue weighted by atomic mass is 9.78. The fourth-order valence-electron chi connectivity index (χ4n) is 3.36. The summed E-state index contributed by atoms with van der Waals surface area (Å²) >= 11 is 0. The molecule has 2 rings (SSSR count). The first-order chi connectivity index (χ1) is 9.24. The molecule has 19 heavy (non-hydrogen) atoms. The smallest absolute Gasteiger partial charge is 0.307 e. The van der Waals surface area contributed by atoms with Crippen molar-refractivity contribution in [2.75, 3.05) is 19.8 Å². The van der Waals surface area contributed by atoms with E-state index in [1.54, 1.807) is 0 Å². The highest BCUT2D eigenvalue weighted by molar-refractivity contribution is 5.69. The van der Waals surface area contributed by atoms with Crippen molar-refractivity contribution in [3.8, 4) is 0 Å². The van der Waals surface area contributed by atoms with E-state index < -0.39 is 0 Å². The minimum absolute atomic E-state index is 0.102. The monoisotopic (exact) mass is 269 g/mol. The van der Waals surface area contributed by atoms with E-state index in [0.29, 0.717) is 19.1 Å². The lowest BCUT2D eigenvalue weighted by molar-refractivity contribution is -0.143. The third kappa shape index (κ3) is 4.46. The molecular weight excluding hydrogens is 242 g/mol. The summed E-state index contributed by atoms with van der Waals surface area (Å²) in [7, 11) is 0. The molecule has 1 unspecified atom stereocenters. The summed E-state index contributed by atoms with van der Waals surface area (Å²) in [5.41, 5.74) is 0.137. The largest absolute Gasteiger partial charge is 0.466 e. The molecule has 1 heterocycles. The standard InChI is InChI=1S/C15H27NO3/c1-2-18-14(17)6-10-16-13-7-11-19-15(12-13)8-4-3-5-9-15/h13,16H,2-12H2,1H3.